The van der Waals surface area contributed by atoms with E-state index in [9.17, 15) is 18.9 Å². The lowest BCUT2D eigenvalue weighted by Gasteiger charge is -2.20. The molecule has 1 aromatic rings. The number of hydrogen-bond donors (Lipinski definition) is 1. The number of halogens is 2. The third-order valence-corrected chi connectivity index (χ3v) is 3.11. The molecule has 0 aliphatic heterocycles. The van der Waals surface area contributed by atoms with Crippen molar-refractivity contribution in [2.24, 2.45) is 0 Å². The van der Waals surface area contributed by atoms with E-state index in [1.54, 1.807) is 0 Å². The molecule has 0 atom stereocenters. The summed E-state index contributed by atoms with van der Waals surface area (Å²) in [4.78, 5) is 11.8. The van der Waals surface area contributed by atoms with Gasteiger partial charge in [0.1, 0.15) is 5.69 Å². The van der Waals surface area contributed by atoms with Crippen LogP contribution < -0.4 is 5.32 Å². The lowest BCUT2D eigenvalue weighted by atomic mass is 10.2. The van der Waals surface area contributed by atoms with Gasteiger partial charge in [-0.2, -0.15) is 0 Å². The highest BCUT2D eigenvalue weighted by Gasteiger charge is 2.16. The predicted molar refractivity (Wildman–Crippen MR) is 73.9 cm³/mol. The Hall–Kier alpha value is -1.76. The minimum atomic E-state index is -0.950. The first-order valence-corrected chi connectivity index (χ1v) is 6.40. The van der Waals surface area contributed by atoms with Gasteiger partial charge in [0.05, 0.1) is 17.1 Å². The van der Waals surface area contributed by atoms with Crippen molar-refractivity contribution >= 4 is 11.4 Å². The molecular weight excluding hydrogens is 268 g/mol. The summed E-state index contributed by atoms with van der Waals surface area (Å²) in [5, 5.41) is 13.1. The standard InChI is InChI=1S/C13H19F2N3O2/c1-9(2)17(3)6-4-5-16-13-11(14)7-10(18(19)20)8-12(13)15/h7-9,16H,4-6H2,1-3H3. The van der Waals surface area contributed by atoms with Crippen LogP contribution in [0.3, 0.4) is 0 Å². The Bertz CT molecular complexity index is 458. The van der Waals surface area contributed by atoms with Gasteiger partial charge in [-0.25, -0.2) is 8.78 Å². The summed E-state index contributed by atoms with van der Waals surface area (Å²) in [7, 11) is 1.97. The van der Waals surface area contributed by atoms with Crippen molar-refractivity contribution in [1.82, 2.24) is 4.90 Å². The maximum absolute atomic E-state index is 13.6. The maximum Gasteiger partial charge on any atom is 0.275 e. The number of nitro groups is 1. The van der Waals surface area contributed by atoms with Crippen LogP contribution in [-0.2, 0) is 0 Å². The molecule has 0 fully saturated rings. The molecule has 112 valence electrons. The molecule has 0 amide bonds. The van der Waals surface area contributed by atoms with E-state index in [-0.39, 0.29) is 5.69 Å². The average molecular weight is 287 g/mol. The number of nitrogens with one attached hydrogen (secondary N) is 1. The third kappa shape index (κ3) is 4.41. The first kappa shape index (κ1) is 16.3. The van der Waals surface area contributed by atoms with Crippen LogP contribution in [0.15, 0.2) is 12.1 Å². The molecule has 1 rings (SSSR count). The lowest BCUT2D eigenvalue weighted by molar-refractivity contribution is -0.385. The van der Waals surface area contributed by atoms with E-state index in [1.807, 2.05) is 7.05 Å². The summed E-state index contributed by atoms with van der Waals surface area (Å²) in [6.45, 7) is 5.30. The Morgan fingerprint density at radius 3 is 2.35 bits per heavy atom. The normalized spacial score (nSPS) is 11.2. The summed E-state index contributed by atoms with van der Waals surface area (Å²) in [5.41, 5.74) is -0.909. The van der Waals surface area contributed by atoms with E-state index in [0.29, 0.717) is 31.1 Å². The highest BCUT2D eigenvalue weighted by molar-refractivity contribution is 5.51. The second-order valence-corrected chi connectivity index (χ2v) is 4.90. The number of rotatable bonds is 7. The van der Waals surface area contributed by atoms with Gasteiger partial charge in [0, 0.05) is 12.6 Å². The fourth-order valence-corrected chi connectivity index (χ4v) is 1.63. The number of non-ortho nitro benzene ring substituents is 1. The van der Waals surface area contributed by atoms with Gasteiger partial charge in [-0.3, -0.25) is 10.1 Å². The molecule has 0 saturated heterocycles. The summed E-state index contributed by atoms with van der Waals surface area (Å²) >= 11 is 0. The third-order valence-electron chi connectivity index (χ3n) is 3.11. The fourth-order valence-electron chi connectivity index (χ4n) is 1.63. The Kier molecular flexibility index (Phi) is 5.82. The SMILES string of the molecule is CC(C)N(C)CCCNc1c(F)cc([N+](=O)[O-])cc1F. The molecule has 0 aliphatic carbocycles. The van der Waals surface area contributed by atoms with Crippen molar-refractivity contribution in [1.29, 1.82) is 0 Å². The number of benzene rings is 1. The second-order valence-electron chi connectivity index (χ2n) is 4.90. The smallest absolute Gasteiger partial charge is 0.275 e. The molecule has 1 aromatic carbocycles. The summed E-state index contributed by atoms with van der Waals surface area (Å²) < 4.78 is 27.1. The molecule has 1 N–H and O–H groups in total. The van der Waals surface area contributed by atoms with Crippen LogP contribution in [0.1, 0.15) is 20.3 Å². The molecule has 0 radical (unpaired) electrons. The monoisotopic (exact) mass is 287 g/mol. The predicted octanol–water partition coefficient (Wildman–Crippen LogP) is 3.02. The lowest BCUT2D eigenvalue weighted by Crippen LogP contribution is -2.28. The summed E-state index contributed by atoms with van der Waals surface area (Å²) in [5.74, 6) is -1.90. The molecule has 0 spiro atoms. The minimum Gasteiger partial charge on any atom is -0.380 e. The maximum atomic E-state index is 13.6. The molecule has 0 unspecified atom stereocenters. The van der Waals surface area contributed by atoms with Crippen molar-refractivity contribution in [2.45, 2.75) is 26.3 Å². The molecular formula is C13H19F2N3O2. The molecule has 7 heteroatoms. The minimum absolute atomic E-state index is 0.317. The average Bonchev–Trinajstić information content (AvgIpc) is 2.36. The van der Waals surface area contributed by atoms with Crippen molar-refractivity contribution in [3.63, 3.8) is 0 Å². The van der Waals surface area contributed by atoms with Crippen LogP contribution in [0.25, 0.3) is 0 Å². The highest BCUT2D eigenvalue weighted by atomic mass is 19.1. The molecule has 0 saturated carbocycles. The number of nitro benzene ring substituents is 1. The largest absolute Gasteiger partial charge is 0.380 e. The van der Waals surface area contributed by atoms with E-state index in [0.717, 1.165) is 6.54 Å². The van der Waals surface area contributed by atoms with Crippen LogP contribution >= 0.6 is 0 Å². The molecule has 20 heavy (non-hydrogen) atoms. The second kappa shape index (κ2) is 7.14. The van der Waals surface area contributed by atoms with Gasteiger partial charge in [-0.15, -0.1) is 0 Å². The zero-order chi connectivity index (χ0) is 15.3. The Morgan fingerprint density at radius 1 is 1.35 bits per heavy atom. The fraction of sp³-hybridized carbons (Fsp3) is 0.538. The van der Waals surface area contributed by atoms with Gasteiger partial charge >= 0.3 is 0 Å². The van der Waals surface area contributed by atoms with E-state index in [2.05, 4.69) is 24.1 Å². The van der Waals surface area contributed by atoms with E-state index in [4.69, 9.17) is 0 Å². The van der Waals surface area contributed by atoms with Crippen molar-refractivity contribution in [2.75, 3.05) is 25.5 Å². The van der Waals surface area contributed by atoms with Crippen molar-refractivity contribution in [3.05, 3.63) is 33.9 Å². The first-order chi connectivity index (χ1) is 9.32. The quantitative estimate of drug-likeness (QED) is 0.476. The van der Waals surface area contributed by atoms with Crippen LogP contribution in [0.5, 0.6) is 0 Å². The van der Waals surface area contributed by atoms with Gasteiger partial charge in [0.2, 0.25) is 0 Å². The highest BCUT2D eigenvalue weighted by Crippen LogP contribution is 2.24. The topological polar surface area (TPSA) is 58.4 Å². The van der Waals surface area contributed by atoms with Gasteiger partial charge in [0.15, 0.2) is 11.6 Å². The number of anilines is 1. The van der Waals surface area contributed by atoms with E-state index in [1.165, 1.54) is 0 Å². The first-order valence-electron chi connectivity index (χ1n) is 6.40. The number of nitrogens with zero attached hydrogens (tertiary/aromatic N) is 2. The molecule has 0 aliphatic rings. The zero-order valence-corrected chi connectivity index (χ0v) is 11.8. The van der Waals surface area contributed by atoms with Gasteiger partial charge < -0.3 is 10.2 Å². The van der Waals surface area contributed by atoms with E-state index < -0.39 is 22.2 Å². The summed E-state index contributed by atoms with van der Waals surface area (Å²) in [6, 6.07) is 1.83. The van der Waals surface area contributed by atoms with Crippen LogP contribution in [-0.4, -0.2) is 36.0 Å². The van der Waals surface area contributed by atoms with Crippen LogP contribution in [0.2, 0.25) is 0 Å². The molecule has 0 aromatic heterocycles. The van der Waals surface area contributed by atoms with E-state index >= 15 is 0 Å². The van der Waals surface area contributed by atoms with Gasteiger partial charge in [-0.05, 0) is 33.9 Å². The Labute approximate surface area is 116 Å². The van der Waals surface area contributed by atoms with Crippen LogP contribution in [0.4, 0.5) is 20.2 Å². The zero-order valence-electron chi connectivity index (χ0n) is 11.8. The van der Waals surface area contributed by atoms with Crippen LogP contribution in [0, 0.1) is 21.7 Å². The number of hydrogen-bond acceptors (Lipinski definition) is 4. The van der Waals surface area contributed by atoms with Gasteiger partial charge in [0.25, 0.3) is 5.69 Å². The molecule has 5 nitrogen and oxygen atoms in total. The van der Waals surface area contributed by atoms with Crippen molar-refractivity contribution in [3.8, 4) is 0 Å². The Balaban J connectivity index is 2.59. The molecule has 0 bridgehead atoms. The van der Waals surface area contributed by atoms with Crippen molar-refractivity contribution < 1.29 is 13.7 Å². The molecule has 0 heterocycles. The Morgan fingerprint density at radius 2 is 1.90 bits per heavy atom. The van der Waals surface area contributed by atoms with Gasteiger partial charge in [-0.1, -0.05) is 0 Å². The summed E-state index contributed by atoms with van der Waals surface area (Å²) in [6.07, 6.45) is 0.713.